The fourth-order valence-electron chi connectivity index (χ4n) is 1.17. The van der Waals surface area contributed by atoms with Crippen molar-refractivity contribution in [2.75, 3.05) is 6.61 Å². The van der Waals surface area contributed by atoms with Gasteiger partial charge in [-0.05, 0) is 0 Å². The van der Waals surface area contributed by atoms with E-state index in [9.17, 15) is 0 Å². The van der Waals surface area contributed by atoms with Gasteiger partial charge in [0.1, 0.15) is 24.1 Å². The van der Waals surface area contributed by atoms with Crippen molar-refractivity contribution < 1.29 is 4.74 Å². The third-order valence-electron chi connectivity index (χ3n) is 1.78. The van der Waals surface area contributed by atoms with Gasteiger partial charge in [0.25, 0.3) is 0 Å². The Morgan fingerprint density at radius 1 is 1.75 bits per heavy atom. The maximum Gasteiger partial charge on any atom is 0.143 e. The van der Waals surface area contributed by atoms with Crippen LogP contribution in [0, 0.1) is 11.3 Å². The van der Waals surface area contributed by atoms with Crippen LogP contribution in [0.5, 0.6) is 5.75 Å². The van der Waals surface area contributed by atoms with Crippen molar-refractivity contribution in [2.45, 2.75) is 6.04 Å². The molecular weight excluding hydrogens is 154 g/mol. The van der Waals surface area contributed by atoms with Gasteiger partial charge in [-0.1, -0.05) is 0 Å². The van der Waals surface area contributed by atoms with E-state index in [1.54, 1.807) is 6.07 Å². The molecule has 0 saturated heterocycles. The van der Waals surface area contributed by atoms with Crippen molar-refractivity contribution in [3.63, 3.8) is 0 Å². The Morgan fingerprint density at radius 3 is 3.33 bits per heavy atom. The molecule has 0 aliphatic carbocycles. The molecule has 0 spiro atoms. The normalized spacial score (nSPS) is 19.5. The number of nitrogens with zero attached hydrogens (tertiary/aromatic N) is 2. The van der Waals surface area contributed by atoms with Gasteiger partial charge in [0.2, 0.25) is 0 Å². The van der Waals surface area contributed by atoms with Crippen molar-refractivity contribution >= 4 is 0 Å². The van der Waals surface area contributed by atoms with Gasteiger partial charge < -0.3 is 10.5 Å². The summed E-state index contributed by atoms with van der Waals surface area (Å²) in [6, 6.07) is 3.50. The first-order valence-corrected chi connectivity index (χ1v) is 3.59. The number of pyridine rings is 1. The highest BCUT2D eigenvalue weighted by atomic mass is 16.5. The SMILES string of the molecule is N#Cc1cnc2c(c1)OCC2N. The predicted octanol–water partition coefficient (Wildman–Crippen LogP) is 0.345. The molecule has 4 nitrogen and oxygen atoms in total. The summed E-state index contributed by atoms with van der Waals surface area (Å²) in [5, 5.41) is 8.56. The first kappa shape index (κ1) is 7.07. The van der Waals surface area contributed by atoms with Crippen LogP contribution in [0.15, 0.2) is 12.3 Å². The molecule has 2 heterocycles. The Labute approximate surface area is 69.6 Å². The van der Waals surface area contributed by atoms with Gasteiger partial charge in [0.15, 0.2) is 0 Å². The molecule has 60 valence electrons. The molecule has 0 aromatic carbocycles. The Hall–Kier alpha value is -1.60. The van der Waals surface area contributed by atoms with Crippen LogP contribution in [0.4, 0.5) is 0 Å². The van der Waals surface area contributed by atoms with E-state index in [2.05, 4.69) is 4.98 Å². The Balaban J connectivity index is 2.50. The van der Waals surface area contributed by atoms with E-state index in [4.69, 9.17) is 15.7 Å². The summed E-state index contributed by atoms with van der Waals surface area (Å²) in [5.41, 5.74) is 6.91. The zero-order valence-electron chi connectivity index (χ0n) is 6.32. The zero-order valence-corrected chi connectivity index (χ0v) is 6.32. The topological polar surface area (TPSA) is 71.9 Å². The van der Waals surface area contributed by atoms with Gasteiger partial charge >= 0.3 is 0 Å². The van der Waals surface area contributed by atoms with E-state index in [-0.39, 0.29) is 6.04 Å². The van der Waals surface area contributed by atoms with E-state index in [0.717, 1.165) is 5.69 Å². The number of hydrogen-bond acceptors (Lipinski definition) is 4. The van der Waals surface area contributed by atoms with Crippen molar-refractivity contribution in [2.24, 2.45) is 5.73 Å². The number of nitrogens with two attached hydrogens (primary N) is 1. The van der Waals surface area contributed by atoms with Crippen LogP contribution >= 0.6 is 0 Å². The fraction of sp³-hybridized carbons (Fsp3) is 0.250. The number of hydrogen-bond donors (Lipinski definition) is 1. The molecule has 0 amide bonds. The fourth-order valence-corrected chi connectivity index (χ4v) is 1.17. The second-order valence-corrected chi connectivity index (χ2v) is 2.64. The Bertz CT molecular complexity index is 356. The highest BCUT2D eigenvalue weighted by molar-refractivity contribution is 5.40. The highest BCUT2D eigenvalue weighted by Crippen LogP contribution is 2.28. The van der Waals surface area contributed by atoms with E-state index in [1.165, 1.54) is 6.20 Å². The smallest absolute Gasteiger partial charge is 0.143 e. The van der Waals surface area contributed by atoms with E-state index in [0.29, 0.717) is 17.9 Å². The molecule has 1 aromatic rings. The predicted molar refractivity (Wildman–Crippen MR) is 41.4 cm³/mol. The highest BCUT2D eigenvalue weighted by Gasteiger charge is 2.22. The quantitative estimate of drug-likeness (QED) is 0.595. The Kier molecular flexibility index (Phi) is 1.45. The van der Waals surface area contributed by atoms with Crippen molar-refractivity contribution in [3.05, 3.63) is 23.5 Å². The molecule has 0 saturated carbocycles. The second kappa shape index (κ2) is 2.47. The molecule has 1 aliphatic heterocycles. The van der Waals surface area contributed by atoms with E-state index < -0.39 is 0 Å². The van der Waals surface area contributed by atoms with Crippen molar-refractivity contribution in [3.8, 4) is 11.8 Å². The van der Waals surface area contributed by atoms with Crippen LogP contribution in [-0.4, -0.2) is 11.6 Å². The molecule has 2 N–H and O–H groups in total. The monoisotopic (exact) mass is 161 g/mol. The van der Waals surface area contributed by atoms with Crippen LogP contribution in [0.2, 0.25) is 0 Å². The average molecular weight is 161 g/mol. The minimum atomic E-state index is -0.146. The minimum Gasteiger partial charge on any atom is -0.490 e. The van der Waals surface area contributed by atoms with Crippen molar-refractivity contribution in [1.82, 2.24) is 4.98 Å². The molecule has 2 rings (SSSR count). The van der Waals surface area contributed by atoms with Gasteiger partial charge in [0, 0.05) is 12.3 Å². The first-order valence-electron chi connectivity index (χ1n) is 3.59. The minimum absolute atomic E-state index is 0.146. The summed E-state index contributed by atoms with van der Waals surface area (Å²) < 4.78 is 5.21. The number of ether oxygens (including phenoxy) is 1. The first-order chi connectivity index (χ1) is 5.81. The van der Waals surface area contributed by atoms with Gasteiger partial charge in [-0.15, -0.1) is 0 Å². The van der Waals surface area contributed by atoms with Crippen LogP contribution < -0.4 is 10.5 Å². The summed E-state index contributed by atoms with van der Waals surface area (Å²) in [7, 11) is 0. The van der Waals surface area contributed by atoms with Gasteiger partial charge in [-0.25, -0.2) is 0 Å². The molecular formula is C8H7N3O. The summed E-state index contributed by atoms with van der Waals surface area (Å²) in [6.45, 7) is 0.456. The van der Waals surface area contributed by atoms with E-state index in [1.807, 2.05) is 6.07 Å². The average Bonchev–Trinajstić information content (AvgIpc) is 2.47. The second-order valence-electron chi connectivity index (χ2n) is 2.64. The van der Waals surface area contributed by atoms with Crippen molar-refractivity contribution in [1.29, 1.82) is 5.26 Å². The standard InChI is InChI=1S/C8H7N3O/c9-2-5-1-7-8(11-3-5)6(10)4-12-7/h1,3,6H,4,10H2. The van der Waals surface area contributed by atoms with Crippen LogP contribution in [0.3, 0.4) is 0 Å². The maximum atomic E-state index is 8.56. The molecule has 12 heavy (non-hydrogen) atoms. The Morgan fingerprint density at radius 2 is 2.58 bits per heavy atom. The van der Waals surface area contributed by atoms with Gasteiger partial charge in [-0.3, -0.25) is 4.98 Å². The molecule has 0 fully saturated rings. The largest absolute Gasteiger partial charge is 0.490 e. The summed E-state index contributed by atoms with van der Waals surface area (Å²) in [4.78, 5) is 4.04. The number of fused-ring (bicyclic) bond motifs is 1. The molecule has 1 aromatic heterocycles. The third-order valence-corrected chi connectivity index (χ3v) is 1.78. The third kappa shape index (κ3) is 0.917. The molecule has 4 heteroatoms. The molecule has 1 atom stereocenters. The van der Waals surface area contributed by atoms with Gasteiger partial charge in [0.05, 0.1) is 11.6 Å². The summed E-state index contributed by atoms with van der Waals surface area (Å²) >= 11 is 0. The summed E-state index contributed by atoms with van der Waals surface area (Å²) in [5.74, 6) is 0.640. The van der Waals surface area contributed by atoms with Crippen LogP contribution in [-0.2, 0) is 0 Å². The number of aromatic nitrogens is 1. The van der Waals surface area contributed by atoms with E-state index >= 15 is 0 Å². The molecule has 1 aliphatic rings. The lowest BCUT2D eigenvalue weighted by molar-refractivity contribution is 0.333. The number of rotatable bonds is 0. The number of nitriles is 1. The lowest BCUT2D eigenvalue weighted by atomic mass is 10.2. The zero-order chi connectivity index (χ0) is 8.55. The molecule has 0 bridgehead atoms. The molecule has 0 radical (unpaired) electrons. The molecule has 1 unspecified atom stereocenters. The van der Waals surface area contributed by atoms with Gasteiger partial charge in [-0.2, -0.15) is 5.26 Å². The maximum absolute atomic E-state index is 8.56. The lowest BCUT2D eigenvalue weighted by Gasteiger charge is -1.97. The lowest BCUT2D eigenvalue weighted by Crippen LogP contribution is -2.11. The van der Waals surface area contributed by atoms with Crippen LogP contribution in [0.25, 0.3) is 0 Å². The summed E-state index contributed by atoms with van der Waals surface area (Å²) in [6.07, 6.45) is 1.51. The van der Waals surface area contributed by atoms with Crippen LogP contribution in [0.1, 0.15) is 17.3 Å².